The van der Waals surface area contributed by atoms with Crippen LogP contribution in [0.2, 0.25) is 19.3 Å². The van der Waals surface area contributed by atoms with E-state index in [1.54, 1.807) is 5.01 Å². The number of amides is 1. The summed E-state index contributed by atoms with van der Waals surface area (Å²) in [6.07, 6.45) is 4.19. The van der Waals surface area contributed by atoms with Crippen molar-refractivity contribution < 1.29 is 9.53 Å². The molecule has 1 rings (SSSR count). The molecule has 0 atom stereocenters. The summed E-state index contributed by atoms with van der Waals surface area (Å²) in [7, 11) is 3.83. The van der Waals surface area contributed by atoms with Crippen molar-refractivity contribution in [1.29, 1.82) is 0 Å². The minimum absolute atomic E-state index is 0.213. The maximum atomic E-state index is 12.3. The Hall–Kier alpha value is -0.751. The molecular weight excluding hydrogens is 419 g/mol. The van der Waals surface area contributed by atoms with Gasteiger partial charge in [-0.1, -0.05) is 19.8 Å². The zero-order valence-corrected chi connectivity index (χ0v) is 19.8. The molecule has 0 radical (unpaired) electrons. The van der Waals surface area contributed by atoms with Crippen LogP contribution < -0.4 is 4.74 Å². The second kappa shape index (κ2) is 11.1. The van der Waals surface area contributed by atoms with Crippen molar-refractivity contribution in [2.24, 2.45) is 0 Å². The third-order valence-corrected chi connectivity index (χ3v) is 9.31. The van der Waals surface area contributed by atoms with Gasteiger partial charge in [0, 0.05) is 0 Å². The molecule has 0 saturated heterocycles. The monoisotopic (exact) mass is 456 g/mol. The first-order valence-corrected chi connectivity index (χ1v) is 20.0. The van der Waals surface area contributed by atoms with E-state index in [1.807, 2.05) is 31.2 Å². The van der Waals surface area contributed by atoms with Gasteiger partial charge in [0.15, 0.2) is 0 Å². The van der Waals surface area contributed by atoms with Crippen molar-refractivity contribution in [1.82, 2.24) is 10.0 Å². The van der Waals surface area contributed by atoms with Gasteiger partial charge < -0.3 is 0 Å². The molecule has 4 nitrogen and oxygen atoms in total. The fourth-order valence-corrected chi connectivity index (χ4v) is 5.19. The molecule has 5 heteroatoms. The topological polar surface area (TPSA) is 32.8 Å². The molecule has 1 amide bonds. The number of carbonyl (C=O) groups is 1. The van der Waals surface area contributed by atoms with Gasteiger partial charge in [-0.25, -0.2) is 0 Å². The van der Waals surface area contributed by atoms with Crippen molar-refractivity contribution in [2.45, 2.75) is 58.4 Å². The number of hydrogen-bond acceptors (Lipinski definition) is 3. The predicted molar refractivity (Wildman–Crippen MR) is 108 cm³/mol. The molecule has 0 aliphatic carbocycles. The van der Waals surface area contributed by atoms with Crippen molar-refractivity contribution in [3.63, 3.8) is 0 Å². The summed E-state index contributed by atoms with van der Waals surface area (Å²) in [5, 5.41) is 3.74. The van der Waals surface area contributed by atoms with Crippen LogP contribution >= 0.6 is 0 Å². The predicted octanol–water partition coefficient (Wildman–Crippen LogP) is 4.79. The number of ether oxygens (including phenoxy) is 1. The fourth-order valence-electron chi connectivity index (χ4n) is 2.44. The van der Waals surface area contributed by atoms with E-state index in [0.29, 0.717) is 6.42 Å². The number of hydrogen-bond donors (Lipinski definition) is 0. The van der Waals surface area contributed by atoms with Crippen molar-refractivity contribution in [2.75, 3.05) is 20.7 Å². The van der Waals surface area contributed by atoms with Gasteiger partial charge in [-0.05, 0) is 6.42 Å². The number of nitrogens with zero attached hydrogens (tertiary/aromatic N) is 2. The molecule has 0 heterocycles. The Labute approximate surface area is 158 Å². The van der Waals surface area contributed by atoms with Gasteiger partial charge in [0.05, 0.1) is 0 Å². The van der Waals surface area contributed by atoms with E-state index >= 15 is 0 Å². The van der Waals surface area contributed by atoms with Crippen molar-refractivity contribution in [3.8, 4) is 5.75 Å². The van der Waals surface area contributed by atoms with E-state index in [9.17, 15) is 4.79 Å². The second-order valence-electron chi connectivity index (χ2n) is 7.99. The number of carbonyl (C=O) groups excluding carboxylic acids is 1. The second-order valence-corrected chi connectivity index (χ2v) is 24.0. The molecule has 1 aromatic carbocycles. The average Bonchev–Trinajstić information content (AvgIpc) is 2.56. The van der Waals surface area contributed by atoms with E-state index in [4.69, 9.17) is 4.74 Å². The molecule has 0 aliphatic heterocycles. The molecule has 0 fully saturated rings. The van der Waals surface area contributed by atoms with Crippen LogP contribution in [-0.4, -0.2) is 55.0 Å². The summed E-state index contributed by atoms with van der Waals surface area (Å²) < 4.78 is 6.85. The van der Waals surface area contributed by atoms with Gasteiger partial charge >= 0.3 is 132 Å². The molecular formula is C20H36N2O2Sn. The Morgan fingerprint density at radius 1 is 1.08 bits per heavy atom. The van der Waals surface area contributed by atoms with E-state index in [2.05, 4.69) is 33.9 Å². The summed E-state index contributed by atoms with van der Waals surface area (Å²) in [5.74, 6) is 1.13. The van der Waals surface area contributed by atoms with Crippen LogP contribution in [0, 0.1) is 0 Å². The summed E-state index contributed by atoms with van der Waals surface area (Å²) in [6.45, 7) is 3.69. The molecule has 25 heavy (non-hydrogen) atoms. The van der Waals surface area contributed by atoms with Crippen LogP contribution in [0.1, 0.15) is 38.2 Å². The van der Waals surface area contributed by atoms with Crippen LogP contribution in [0.25, 0.3) is 0 Å². The van der Waals surface area contributed by atoms with Gasteiger partial charge in [-0.2, -0.15) is 0 Å². The summed E-state index contributed by atoms with van der Waals surface area (Å²) in [4.78, 5) is 19.5. The van der Waals surface area contributed by atoms with Crippen LogP contribution in [0.15, 0.2) is 24.3 Å². The third kappa shape index (κ3) is 9.50. The Kier molecular flexibility index (Phi) is 9.87. The van der Waals surface area contributed by atoms with Crippen molar-refractivity contribution in [3.05, 3.63) is 29.8 Å². The van der Waals surface area contributed by atoms with Gasteiger partial charge in [0.1, 0.15) is 0 Å². The number of rotatable bonds is 11. The van der Waals surface area contributed by atoms with E-state index in [0.717, 1.165) is 29.8 Å². The van der Waals surface area contributed by atoms with Gasteiger partial charge in [-0.3, -0.25) is 0 Å². The summed E-state index contributed by atoms with van der Waals surface area (Å²) >= 11 is -1.87. The standard InChI is InChI=1S/C17H27N2O2.3CH3.Sn/c1-5-7-8-13-21-16-11-9-15(10-12-16)14-18(3)19(4)17(20)6-2;;;;/h9-12H,2,5-8,13-14H2,1,3-4H3;3*1H3;. The van der Waals surface area contributed by atoms with Gasteiger partial charge in [0.2, 0.25) is 0 Å². The zero-order chi connectivity index (χ0) is 18.9. The Balaban J connectivity index is 2.44. The molecule has 0 aromatic heterocycles. The molecule has 0 unspecified atom stereocenters. The van der Waals surface area contributed by atoms with Gasteiger partial charge in [0.25, 0.3) is 0 Å². The van der Waals surface area contributed by atoms with E-state index < -0.39 is 18.4 Å². The van der Waals surface area contributed by atoms with E-state index in [1.165, 1.54) is 18.4 Å². The Morgan fingerprint density at radius 2 is 1.72 bits per heavy atom. The molecule has 0 aliphatic rings. The Bertz CT molecular complexity index is 511. The fraction of sp³-hybridized carbons (Fsp3) is 0.650. The van der Waals surface area contributed by atoms with Crippen LogP contribution in [0.3, 0.4) is 0 Å². The van der Waals surface area contributed by atoms with Crippen LogP contribution in [0.4, 0.5) is 0 Å². The summed E-state index contributed by atoms with van der Waals surface area (Å²) in [6, 6.07) is 8.20. The quantitative estimate of drug-likeness (QED) is 0.273. The molecule has 142 valence electrons. The maximum absolute atomic E-state index is 12.3. The first kappa shape index (κ1) is 22.3. The van der Waals surface area contributed by atoms with Crippen LogP contribution in [-0.2, 0) is 11.3 Å². The van der Waals surface area contributed by atoms with E-state index in [-0.39, 0.29) is 5.91 Å². The molecule has 1 aromatic rings. The first-order chi connectivity index (χ1) is 11.7. The third-order valence-electron chi connectivity index (χ3n) is 4.31. The first-order valence-electron chi connectivity index (χ1n) is 9.42. The zero-order valence-electron chi connectivity index (χ0n) is 17.0. The Morgan fingerprint density at radius 3 is 2.28 bits per heavy atom. The SMILES string of the molecule is CCCCCOc1ccc(CN(C)N(C)C(=O)C[CH2][Sn]([CH3])([CH3])[CH3])cc1. The average molecular weight is 455 g/mol. The molecule has 0 spiro atoms. The number of unbranched alkanes of at least 4 members (excludes halogenated alkanes) is 2. The number of hydrazine groups is 1. The normalized spacial score (nSPS) is 11.6. The molecule has 0 N–H and O–H groups in total. The molecule has 0 bridgehead atoms. The molecule has 0 saturated carbocycles. The summed E-state index contributed by atoms with van der Waals surface area (Å²) in [5.41, 5.74) is 1.18. The van der Waals surface area contributed by atoms with Crippen LogP contribution in [0.5, 0.6) is 5.75 Å². The van der Waals surface area contributed by atoms with Crippen molar-refractivity contribution >= 4 is 24.3 Å². The van der Waals surface area contributed by atoms with Gasteiger partial charge in [-0.15, -0.1) is 0 Å². The minimum atomic E-state index is -1.87. The number of benzene rings is 1.